The van der Waals surface area contributed by atoms with Gasteiger partial charge in [0.05, 0.1) is 24.1 Å². The molecular weight excluding hydrogens is 306 g/mol. The maximum absolute atomic E-state index is 11.8. The number of hydrogen-bond donors (Lipinski definition) is 1. The lowest BCUT2D eigenvalue weighted by atomic mass is 10.2. The fourth-order valence-electron chi connectivity index (χ4n) is 2.22. The first-order valence-electron chi connectivity index (χ1n) is 7.50. The number of furan rings is 1. The number of aromatic nitrogens is 2. The van der Waals surface area contributed by atoms with Crippen LogP contribution in [0.3, 0.4) is 0 Å². The predicted octanol–water partition coefficient (Wildman–Crippen LogP) is 3.39. The minimum Gasteiger partial charge on any atom is -0.465 e. The van der Waals surface area contributed by atoms with Crippen molar-refractivity contribution in [1.82, 2.24) is 9.55 Å². The van der Waals surface area contributed by atoms with Gasteiger partial charge in [-0.05, 0) is 43.3 Å². The van der Waals surface area contributed by atoms with Crippen LogP contribution < -0.4 is 5.73 Å². The van der Waals surface area contributed by atoms with Crippen molar-refractivity contribution >= 4 is 23.8 Å². The number of pyridine rings is 1. The number of esters is 1. The molecule has 0 saturated heterocycles. The Morgan fingerprint density at radius 2 is 2.25 bits per heavy atom. The van der Waals surface area contributed by atoms with Gasteiger partial charge in [0.25, 0.3) is 0 Å². The van der Waals surface area contributed by atoms with E-state index in [0.29, 0.717) is 23.7 Å². The van der Waals surface area contributed by atoms with Crippen LogP contribution in [0.1, 0.15) is 28.6 Å². The smallest absolute Gasteiger partial charge is 0.338 e. The molecule has 122 valence electrons. The number of rotatable bonds is 5. The molecule has 6 nitrogen and oxygen atoms in total. The van der Waals surface area contributed by atoms with E-state index in [2.05, 4.69) is 4.98 Å². The number of anilines is 1. The first-order valence-corrected chi connectivity index (χ1v) is 7.50. The van der Waals surface area contributed by atoms with Crippen LogP contribution in [-0.4, -0.2) is 22.1 Å². The van der Waals surface area contributed by atoms with Crippen LogP contribution in [0.25, 0.3) is 18.0 Å². The van der Waals surface area contributed by atoms with Crippen LogP contribution in [0.5, 0.6) is 0 Å². The Hall–Kier alpha value is -3.28. The lowest BCUT2D eigenvalue weighted by Gasteiger charge is -2.05. The largest absolute Gasteiger partial charge is 0.465 e. The highest BCUT2D eigenvalue weighted by Gasteiger charge is 2.10. The van der Waals surface area contributed by atoms with Crippen molar-refractivity contribution in [2.75, 3.05) is 12.3 Å². The fraction of sp³-hybridized carbons (Fsp3) is 0.111. The fourth-order valence-corrected chi connectivity index (χ4v) is 2.22. The molecule has 3 rings (SSSR count). The van der Waals surface area contributed by atoms with Crippen LogP contribution >= 0.6 is 0 Å². The van der Waals surface area contributed by atoms with Gasteiger partial charge in [0, 0.05) is 24.2 Å². The zero-order valence-corrected chi connectivity index (χ0v) is 13.2. The molecule has 0 radical (unpaired) electrons. The minimum atomic E-state index is -0.376. The number of carbonyl (C=O) groups is 1. The first-order chi connectivity index (χ1) is 11.7. The molecule has 0 aliphatic rings. The molecule has 24 heavy (non-hydrogen) atoms. The predicted molar refractivity (Wildman–Crippen MR) is 91.6 cm³/mol. The Bertz CT molecular complexity index is 864. The molecule has 0 atom stereocenters. The van der Waals surface area contributed by atoms with E-state index in [1.165, 1.54) is 0 Å². The molecule has 0 aliphatic heterocycles. The van der Waals surface area contributed by atoms with Crippen molar-refractivity contribution in [2.45, 2.75) is 6.92 Å². The quantitative estimate of drug-likeness (QED) is 0.728. The summed E-state index contributed by atoms with van der Waals surface area (Å²) in [5.74, 6) is 0.953. The van der Waals surface area contributed by atoms with E-state index in [-0.39, 0.29) is 5.97 Å². The van der Waals surface area contributed by atoms with Crippen LogP contribution in [0.4, 0.5) is 5.69 Å². The average Bonchev–Trinajstić information content (AvgIpc) is 3.23. The molecule has 6 heteroatoms. The van der Waals surface area contributed by atoms with Gasteiger partial charge in [-0.3, -0.25) is 0 Å². The normalized spacial score (nSPS) is 11.0. The molecule has 3 aromatic heterocycles. The third-order valence-electron chi connectivity index (χ3n) is 3.38. The van der Waals surface area contributed by atoms with Crippen molar-refractivity contribution in [3.05, 3.63) is 66.0 Å². The van der Waals surface area contributed by atoms with Gasteiger partial charge in [-0.2, -0.15) is 0 Å². The van der Waals surface area contributed by atoms with Crippen molar-refractivity contribution in [3.63, 3.8) is 0 Å². The molecule has 0 saturated carbocycles. The number of carbonyl (C=O) groups excluding carboxylic acids is 1. The third kappa shape index (κ3) is 3.38. The Morgan fingerprint density at radius 1 is 1.38 bits per heavy atom. The summed E-state index contributed by atoms with van der Waals surface area (Å²) in [4.78, 5) is 16.1. The molecule has 0 fully saturated rings. The first kappa shape index (κ1) is 15.6. The Kier molecular flexibility index (Phi) is 4.47. The van der Waals surface area contributed by atoms with Crippen LogP contribution in [0.15, 0.2) is 53.5 Å². The van der Waals surface area contributed by atoms with E-state index in [1.807, 2.05) is 30.5 Å². The molecule has 0 aromatic carbocycles. The number of nitrogens with zero attached hydrogens (tertiary/aromatic N) is 2. The monoisotopic (exact) mass is 323 g/mol. The van der Waals surface area contributed by atoms with Crippen molar-refractivity contribution in [1.29, 1.82) is 0 Å². The van der Waals surface area contributed by atoms with Crippen LogP contribution in [0, 0.1) is 0 Å². The SMILES string of the molecule is CCOC(=O)c1ccnc(-n2cc(N)c(/C=C/c3ccco3)c2)c1. The van der Waals surface area contributed by atoms with Crippen molar-refractivity contribution < 1.29 is 13.9 Å². The zero-order valence-electron chi connectivity index (χ0n) is 13.2. The molecule has 0 spiro atoms. The second-order valence-corrected chi connectivity index (χ2v) is 5.05. The summed E-state index contributed by atoms with van der Waals surface area (Å²) in [5, 5.41) is 0. The van der Waals surface area contributed by atoms with Gasteiger partial charge >= 0.3 is 5.97 Å². The summed E-state index contributed by atoms with van der Waals surface area (Å²) in [6.45, 7) is 2.10. The molecule has 3 aromatic rings. The van der Waals surface area contributed by atoms with E-state index in [9.17, 15) is 4.79 Å². The molecule has 2 N–H and O–H groups in total. The summed E-state index contributed by atoms with van der Waals surface area (Å²) in [5.41, 5.74) is 7.91. The van der Waals surface area contributed by atoms with Gasteiger partial charge in [0.15, 0.2) is 0 Å². The summed E-state index contributed by atoms with van der Waals surface area (Å²) < 4.78 is 12.0. The van der Waals surface area contributed by atoms with Crippen LogP contribution in [0.2, 0.25) is 0 Å². The Labute approximate surface area is 139 Å². The minimum absolute atomic E-state index is 0.328. The molecular formula is C18H17N3O3. The van der Waals surface area contributed by atoms with Gasteiger partial charge in [-0.25, -0.2) is 9.78 Å². The molecule has 0 unspecified atom stereocenters. The molecule has 0 bridgehead atoms. The summed E-state index contributed by atoms with van der Waals surface area (Å²) in [6.07, 6.45) is 10.5. The molecule has 3 heterocycles. The average molecular weight is 323 g/mol. The number of ether oxygens (including phenoxy) is 1. The highest BCUT2D eigenvalue weighted by Crippen LogP contribution is 2.20. The summed E-state index contributed by atoms with van der Waals surface area (Å²) in [7, 11) is 0. The van der Waals surface area contributed by atoms with E-state index in [1.54, 1.807) is 42.3 Å². The summed E-state index contributed by atoms with van der Waals surface area (Å²) in [6, 6.07) is 6.95. The number of hydrogen-bond acceptors (Lipinski definition) is 5. The highest BCUT2D eigenvalue weighted by atomic mass is 16.5. The Balaban J connectivity index is 1.87. The maximum Gasteiger partial charge on any atom is 0.338 e. The van der Waals surface area contributed by atoms with Crippen molar-refractivity contribution in [2.24, 2.45) is 0 Å². The van der Waals surface area contributed by atoms with Crippen LogP contribution in [-0.2, 0) is 4.74 Å². The van der Waals surface area contributed by atoms with Gasteiger partial charge in [-0.1, -0.05) is 0 Å². The molecule has 0 aliphatic carbocycles. The second-order valence-electron chi connectivity index (χ2n) is 5.05. The standard InChI is InChI=1S/C18H17N3O3/c1-2-23-18(22)13-7-8-20-17(10-13)21-11-14(16(19)12-21)5-6-15-4-3-9-24-15/h3-12H,2,19H2,1H3/b6-5+. The molecule has 0 amide bonds. The van der Waals surface area contributed by atoms with Gasteiger partial charge in [0.1, 0.15) is 11.6 Å². The highest BCUT2D eigenvalue weighted by molar-refractivity contribution is 5.89. The van der Waals surface area contributed by atoms with E-state index < -0.39 is 0 Å². The van der Waals surface area contributed by atoms with Gasteiger partial charge < -0.3 is 19.5 Å². The van der Waals surface area contributed by atoms with Crippen molar-refractivity contribution in [3.8, 4) is 5.82 Å². The lowest BCUT2D eigenvalue weighted by Crippen LogP contribution is -2.06. The third-order valence-corrected chi connectivity index (χ3v) is 3.38. The zero-order chi connectivity index (χ0) is 16.9. The number of nitrogen functional groups attached to an aromatic ring is 1. The second kappa shape index (κ2) is 6.87. The van der Waals surface area contributed by atoms with Gasteiger partial charge in [-0.15, -0.1) is 0 Å². The summed E-state index contributed by atoms with van der Waals surface area (Å²) >= 11 is 0. The topological polar surface area (TPSA) is 83.3 Å². The Morgan fingerprint density at radius 3 is 3.00 bits per heavy atom. The number of nitrogens with two attached hydrogens (primary N) is 1. The maximum atomic E-state index is 11.8. The van der Waals surface area contributed by atoms with E-state index >= 15 is 0 Å². The lowest BCUT2D eigenvalue weighted by molar-refractivity contribution is 0.0526. The van der Waals surface area contributed by atoms with E-state index in [0.717, 1.165) is 11.3 Å². The van der Waals surface area contributed by atoms with Gasteiger partial charge in [0.2, 0.25) is 0 Å². The van der Waals surface area contributed by atoms with E-state index in [4.69, 9.17) is 14.9 Å².